The summed E-state index contributed by atoms with van der Waals surface area (Å²) in [6, 6.07) is 10.8. The number of ether oxygens (including phenoxy) is 2. The zero-order valence-corrected chi connectivity index (χ0v) is 18.4. The molecule has 0 saturated carbocycles. The quantitative estimate of drug-likeness (QED) is 0.251. The zero-order chi connectivity index (χ0) is 19.8. The van der Waals surface area contributed by atoms with Crippen LogP contribution in [-0.4, -0.2) is 51.0 Å². The third kappa shape index (κ3) is 13.0. The average molecular weight is 379 g/mol. The van der Waals surface area contributed by atoms with Gasteiger partial charge in [-0.15, -0.1) is 0 Å². The lowest BCUT2D eigenvalue weighted by atomic mass is 10.2. The summed E-state index contributed by atoms with van der Waals surface area (Å²) in [5, 5.41) is 0. The number of rotatable bonds is 17. The second-order valence-corrected chi connectivity index (χ2v) is 8.45. The largest absolute Gasteiger partial charge is 0.379 e. The molecule has 1 rings (SSSR count). The Morgan fingerprint density at radius 2 is 1.44 bits per heavy atom. The van der Waals surface area contributed by atoms with Crippen molar-refractivity contribution in [2.45, 2.75) is 77.9 Å². The van der Waals surface area contributed by atoms with Gasteiger partial charge in [0.05, 0.1) is 20.7 Å². The molecule has 0 saturated heterocycles. The van der Waals surface area contributed by atoms with Crippen LogP contribution in [0.25, 0.3) is 0 Å². The lowest BCUT2D eigenvalue weighted by Gasteiger charge is -2.33. The maximum Gasteiger partial charge on any atom is 0.130 e. The SMILES string of the molecule is CCCCCCOCC(C[N+](C)(C)Cc1ccccc1)OCCCCCC. The molecule has 0 fully saturated rings. The predicted octanol–water partition coefficient (Wildman–Crippen LogP) is 5.83. The second kappa shape index (κ2) is 15.1. The van der Waals surface area contributed by atoms with E-state index < -0.39 is 0 Å². The van der Waals surface area contributed by atoms with Gasteiger partial charge in [0.15, 0.2) is 0 Å². The Hall–Kier alpha value is -0.900. The van der Waals surface area contributed by atoms with Crippen LogP contribution in [-0.2, 0) is 16.0 Å². The third-order valence-electron chi connectivity index (χ3n) is 4.95. The molecule has 0 bridgehead atoms. The van der Waals surface area contributed by atoms with Crippen LogP contribution in [0.4, 0.5) is 0 Å². The first-order valence-corrected chi connectivity index (χ1v) is 11.1. The standard InChI is InChI=1S/C24H44NO2/c1-5-7-9-14-18-26-22-24(27-19-15-10-8-6-2)21-25(3,4)20-23-16-12-11-13-17-23/h11-13,16-17,24H,5-10,14-15,18-22H2,1-4H3/q+1. The van der Waals surface area contributed by atoms with Gasteiger partial charge in [-0.3, -0.25) is 0 Å². The normalized spacial score (nSPS) is 13.0. The number of hydrogen-bond acceptors (Lipinski definition) is 2. The van der Waals surface area contributed by atoms with E-state index in [1.54, 1.807) is 0 Å². The van der Waals surface area contributed by atoms with Gasteiger partial charge < -0.3 is 14.0 Å². The van der Waals surface area contributed by atoms with Crippen molar-refractivity contribution in [1.82, 2.24) is 0 Å². The van der Waals surface area contributed by atoms with E-state index in [9.17, 15) is 0 Å². The van der Waals surface area contributed by atoms with E-state index >= 15 is 0 Å². The Morgan fingerprint density at radius 1 is 0.815 bits per heavy atom. The van der Waals surface area contributed by atoms with E-state index in [-0.39, 0.29) is 6.10 Å². The number of likely N-dealkylation sites (N-methyl/N-ethyl adjacent to an activating group) is 1. The summed E-state index contributed by atoms with van der Waals surface area (Å²) in [5.74, 6) is 0. The fourth-order valence-corrected chi connectivity index (χ4v) is 3.47. The van der Waals surface area contributed by atoms with Crippen molar-refractivity contribution >= 4 is 0 Å². The van der Waals surface area contributed by atoms with Crippen LogP contribution in [0.2, 0.25) is 0 Å². The van der Waals surface area contributed by atoms with Crippen LogP contribution in [0.5, 0.6) is 0 Å². The molecule has 0 amide bonds. The number of nitrogens with zero attached hydrogens (tertiary/aromatic N) is 1. The van der Waals surface area contributed by atoms with Gasteiger partial charge in [-0.05, 0) is 12.8 Å². The molecule has 1 atom stereocenters. The molecule has 0 N–H and O–H groups in total. The first-order valence-electron chi connectivity index (χ1n) is 11.1. The van der Waals surface area contributed by atoms with E-state index in [1.807, 2.05) is 0 Å². The Kier molecular flexibility index (Phi) is 13.5. The molecular weight excluding hydrogens is 334 g/mol. The minimum absolute atomic E-state index is 0.177. The molecule has 27 heavy (non-hydrogen) atoms. The summed E-state index contributed by atoms with van der Waals surface area (Å²) in [6.45, 7) is 8.94. The van der Waals surface area contributed by atoms with Crippen molar-refractivity contribution in [3.63, 3.8) is 0 Å². The molecule has 0 aliphatic rings. The highest BCUT2D eigenvalue weighted by atomic mass is 16.5. The molecule has 0 spiro atoms. The molecular formula is C24H44NO2+. The number of hydrogen-bond donors (Lipinski definition) is 0. The lowest BCUT2D eigenvalue weighted by molar-refractivity contribution is -0.906. The summed E-state index contributed by atoms with van der Waals surface area (Å²) in [4.78, 5) is 0. The summed E-state index contributed by atoms with van der Waals surface area (Å²) in [5.41, 5.74) is 1.38. The molecule has 0 heterocycles. The van der Waals surface area contributed by atoms with Gasteiger partial charge in [-0.25, -0.2) is 0 Å². The molecule has 0 aromatic heterocycles. The first-order chi connectivity index (χ1) is 13.1. The molecule has 0 aliphatic carbocycles. The predicted molar refractivity (Wildman–Crippen MR) is 116 cm³/mol. The van der Waals surface area contributed by atoms with Crippen molar-refractivity contribution in [2.75, 3.05) is 40.5 Å². The van der Waals surface area contributed by atoms with Gasteiger partial charge in [-0.1, -0.05) is 82.7 Å². The van der Waals surface area contributed by atoms with E-state index in [0.717, 1.165) is 43.8 Å². The van der Waals surface area contributed by atoms with Crippen LogP contribution in [0.1, 0.15) is 70.8 Å². The summed E-state index contributed by atoms with van der Waals surface area (Å²) >= 11 is 0. The summed E-state index contributed by atoms with van der Waals surface area (Å²) in [6.07, 6.45) is 10.2. The van der Waals surface area contributed by atoms with Crippen molar-refractivity contribution in [3.05, 3.63) is 35.9 Å². The molecule has 3 heteroatoms. The minimum Gasteiger partial charge on any atom is -0.379 e. The van der Waals surface area contributed by atoms with Gasteiger partial charge in [0.1, 0.15) is 19.2 Å². The molecule has 3 nitrogen and oxygen atoms in total. The van der Waals surface area contributed by atoms with Crippen LogP contribution in [0.15, 0.2) is 30.3 Å². The summed E-state index contributed by atoms with van der Waals surface area (Å²) in [7, 11) is 4.59. The molecule has 0 aliphatic heterocycles. The molecule has 0 radical (unpaired) electrons. The van der Waals surface area contributed by atoms with Gasteiger partial charge in [0.2, 0.25) is 0 Å². The van der Waals surface area contributed by atoms with Gasteiger partial charge in [0, 0.05) is 18.8 Å². The third-order valence-corrected chi connectivity index (χ3v) is 4.95. The van der Waals surface area contributed by atoms with Crippen LogP contribution < -0.4 is 0 Å². The maximum absolute atomic E-state index is 6.25. The molecule has 1 aromatic carbocycles. The summed E-state index contributed by atoms with van der Waals surface area (Å²) < 4.78 is 13.2. The Labute approximate surface area is 168 Å². The van der Waals surface area contributed by atoms with E-state index in [1.165, 1.54) is 50.5 Å². The molecule has 1 unspecified atom stereocenters. The second-order valence-electron chi connectivity index (χ2n) is 8.45. The topological polar surface area (TPSA) is 18.5 Å². The smallest absolute Gasteiger partial charge is 0.130 e. The van der Waals surface area contributed by atoms with E-state index in [4.69, 9.17) is 9.47 Å². The van der Waals surface area contributed by atoms with Gasteiger partial charge in [0.25, 0.3) is 0 Å². The molecule has 156 valence electrons. The van der Waals surface area contributed by atoms with E-state index in [2.05, 4.69) is 58.3 Å². The fourth-order valence-electron chi connectivity index (χ4n) is 3.47. The van der Waals surface area contributed by atoms with Crippen molar-refractivity contribution < 1.29 is 14.0 Å². The van der Waals surface area contributed by atoms with Crippen molar-refractivity contribution in [3.8, 4) is 0 Å². The number of unbranched alkanes of at least 4 members (excludes halogenated alkanes) is 6. The lowest BCUT2D eigenvalue weighted by Crippen LogP contribution is -2.47. The van der Waals surface area contributed by atoms with Gasteiger partial charge >= 0.3 is 0 Å². The minimum atomic E-state index is 0.177. The Morgan fingerprint density at radius 3 is 2.07 bits per heavy atom. The number of quaternary nitrogens is 1. The maximum atomic E-state index is 6.25. The first kappa shape index (κ1) is 24.1. The molecule has 1 aromatic rings. The highest BCUT2D eigenvalue weighted by Gasteiger charge is 2.23. The van der Waals surface area contributed by atoms with Crippen molar-refractivity contribution in [1.29, 1.82) is 0 Å². The Balaban J connectivity index is 2.44. The zero-order valence-electron chi connectivity index (χ0n) is 18.4. The van der Waals surface area contributed by atoms with E-state index in [0.29, 0.717) is 0 Å². The van der Waals surface area contributed by atoms with Crippen molar-refractivity contribution in [2.24, 2.45) is 0 Å². The highest BCUT2D eigenvalue weighted by Crippen LogP contribution is 2.13. The number of benzene rings is 1. The van der Waals surface area contributed by atoms with Gasteiger partial charge in [-0.2, -0.15) is 0 Å². The Bertz CT molecular complexity index is 447. The fraction of sp³-hybridized carbons (Fsp3) is 0.750. The monoisotopic (exact) mass is 378 g/mol. The highest BCUT2D eigenvalue weighted by molar-refractivity contribution is 5.13. The average Bonchev–Trinajstić information content (AvgIpc) is 2.64. The van der Waals surface area contributed by atoms with Crippen LogP contribution >= 0.6 is 0 Å². The van der Waals surface area contributed by atoms with Crippen LogP contribution in [0, 0.1) is 0 Å². The van der Waals surface area contributed by atoms with Crippen LogP contribution in [0.3, 0.4) is 0 Å².